The van der Waals surface area contributed by atoms with Gasteiger partial charge in [-0.3, -0.25) is 4.79 Å². The van der Waals surface area contributed by atoms with Crippen LogP contribution >= 0.6 is 0 Å². The van der Waals surface area contributed by atoms with E-state index < -0.39 is 0 Å². The van der Waals surface area contributed by atoms with Crippen LogP contribution in [0.2, 0.25) is 0 Å². The molecule has 4 nitrogen and oxygen atoms in total. The predicted octanol–water partition coefficient (Wildman–Crippen LogP) is 2.54. The molecule has 23 heavy (non-hydrogen) atoms. The SMILES string of the molecule is O=C(NC1CCCCC1)C1CCN(CCC2CCNCC2)CC1. The van der Waals surface area contributed by atoms with E-state index in [9.17, 15) is 4.79 Å². The van der Waals surface area contributed by atoms with Crippen molar-refractivity contribution in [3.05, 3.63) is 0 Å². The van der Waals surface area contributed by atoms with Crippen molar-refractivity contribution in [2.24, 2.45) is 11.8 Å². The highest BCUT2D eigenvalue weighted by molar-refractivity contribution is 5.79. The molecule has 2 heterocycles. The first-order valence-electron chi connectivity index (χ1n) is 10.0. The molecule has 0 bridgehead atoms. The van der Waals surface area contributed by atoms with Crippen LogP contribution in [0, 0.1) is 11.8 Å². The van der Waals surface area contributed by atoms with Gasteiger partial charge in [-0.15, -0.1) is 0 Å². The number of nitrogens with one attached hydrogen (secondary N) is 2. The molecule has 0 unspecified atom stereocenters. The summed E-state index contributed by atoms with van der Waals surface area (Å²) in [5.41, 5.74) is 0. The molecule has 3 rings (SSSR count). The molecule has 2 saturated heterocycles. The summed E-state index contributed by atoms with van der Waals surface area (Å²) in [5.74, 6) is 1.53. The number of amides is 1. The minimum atomic E-state index is 0.270. The number of piperidine rings is 2. The Morgan fingerprint density at radius 2 is 1.65 bits per heavy atom. The lowest BCUT2D eigenvalue weighted by atomic mass is 9.91. The van der Waals surface area contributed by atoms with Crippen molar-refractivity contribution in [2.75, 3.05) is 32.7 Å². The van der Waals surface area contributed by atoms with Crippen LogP contribution in [-0.4, -0.2) is 49.6 Å². The summed E-state index contributed by atoms with van der Waals surface area (Å²) in [5, 5.41) is 6.77. The molecule has 2 aliphatic heterocycles. The summed E-state index contributed by atoms with van der Waals surface area (Å²) >= 11 is 0. The Hall–Kier alpha value is -0.610. The molecular weight excluding hydrogens is 286 g/mol. The van der Waals surface area contributed by atoms with Gasteiger partial charge in [0.1, 0.15) is 0 Å². The average molecular weight is 322 g/mol. The van der Waals surface area contributed by atoms with Gasteiger partial charge in [0.05, 0.1) is 0 Å². The molecule has 0 aromatic rings. The van der Waals surface area contributed by atoms with Crippen LogP contribution in [-0.2, 0) is 4.79 Å². The normalized spacial score (nSPS) is 26.3. The number of hydrogen-bond acceptors (Lipinski definition) is 3. The topological polar surface area (TPSA) is 44.4 Å². The minimum Gasteiger partial charge on any atom is -0.353 e. The van der Waals surface area contributed by atoms with Crippen LogP contribution in [0.4, 0.5) is 0 Å². The molecule has 1 aliphatic carbocycles. The van der Waals surface area contributed by atoms with Gasteiger partial charge in [-0.1, -0.05) is 19.3 Å². The maximum atomic E-state index is 12.4. The number of hydrogen-bond donors (Lipinski definition) is 2. The van der Waals surface area contributed by atoms with Crippen molar-refractivity contribution in [3.63, 3.8) is 0 Å². The van der Waals surface area contributed by atoms with Gasteiger partial charge in [0.25, 0.3) is 0 Å². The van der Waals surface area contributed by atoms with E-state index in [0.29, 0.717) is 11.9 Å². The van der Waals surface area contributed by atoms with Gasteiger partial charge < -0.3 is 15.5 Å². The molecule has 0 aromatic carbocycles. The van der Waals surface area contributed by atoms with Gasteiger partial charge in [0.2, 0.25) is 5.91 Å². The fraction of sp³-hybridized carbons (Fsp3) is 0.947. The third-order valence-corrected chi connectivity index (χ3v) is 6.22. The zero-order chi connectivity index (χ0) is 15.9. The van der Waals surface area contributed by atoms with Gasteiger partial charge in [-0.25, -0.2) is 0 Å². The highest BCUT2D eigenvalue weighted by Crippen LogP contribution is 2.22. The number of rotatable bonds is 5. The monoisotopic (exact) mass is 321 g/mol. The van der Waals surface area contributed by atoms with Gasteiger partial charge in [-0.05, 0) is 83.6 Å². The molecule has 0 aromatic heterocycles. The van der Waals surface area contributed by atoms with Crippen molar-refractivity contribution in [3.8, 4) is 0 Å². The molecule has 0 radical (unpaired) electrons. The van der Waals surface area contributed by atoms with E-state index in [4.69, 9.17) is 0 Å². The van der Waals surface area contributed by atoms with Gasteiger partial charge in [0, 0.05) is 12.0 Å². The van der Waals surface area contributed by atoms with E-state index in [1.165, 1.54) is 71.0 Å². The Balaban J connectivity index is 1.32. The Kier molecular flexibility index (Phi) is 6.76. The number of carbonyl (C=O) groups is 1. The van der Waals surface area contributed by atoms with E-state index in [2.05, 4.69) is 15.5 Å². The van der Waals surface area contributed by atoms with E-state index in [0.717, 1.165) is 31.8 Å². The number of carbonyl (C=O) groups excluding carboxylic acids is 1. The summed E-state index contributed by atoms with van der Waals surface area (Å²) in [6, 6.07) is 0.467. The van der Waals surface area contributed by atoms with Crippen molar-refractivity contribution >= 4 is 5.91 Å². The molecule has 3 aliphatic rings. The molecule has 0 atom stereocenters. The van der Waals surface area contributed by atoms with E-state index >= 15 is 0 Å². The molecule has 132 valence electrons. The average Bonchev–Trinajstić information content (AvgIpc) is 2.62. The van der Waals surface area contributed by atoms with Crippen LogP contribution in [0.1, 0.15) is 64.2 Å². The summed E-state index contributed by atoms with van der Waals surface area (Å²) in [7, 11) is 0. The first-order chi connectivity index (χ1) is 11.3. The van der Waals surface area contributed by atoms with E-state index in [1.807, 2.05) is 0 Å². The summed E-state index contributed by atoms with van der Waals surface area (Å²) in [6.45, 7) is 5.88. The Labute approximate surface area is 141 Å². The highest BCUT2D eigenvalue weighted by Gasteiger charge is 2.27. The second-order valence-electron chi connectivity index (χ2n) is 7.94. The van der Waals surface area contributed by atoms with Crippen LogP contribution in [0.3, 0.4) is 0 Å². The largest absolute Gasteiger partial charge is 0.353 e. The Bertz CT molecular complexity index is 354. The molecule has 3 fully saturated rings. The van der Waals surface area contributed by atoms with Crippen molar-refractivity contribution in [2.45, 2.75) is 70.3 Å². The van der Waals surface area contributed by atoms with Gasteiger partial charge in [-0.2, -0.15) is 0 Å². The molecule has 4 heteroatoms. The predicted molar refractivity (Wildman–Crippen MR) is 94.4 cm³/mol. The van der Waals surface area contributed by atoms with Crippen LogP contribution in [0.25, 0.3) is 0 Å². The van der Waals surface area contributed by atoms with Gasteiger partial charge >= 0.3 is 0 Å². The third-order valence-electron chi connectivity index (χ3n) is 6.22. The first-order valence-corrected chi connectivity index (χ1v) is 10.0. The summed E-state index contributed by atoms with van der Waals surface area (Å²) in [6.07, 6.45) is 12.5. The fourth-order valence-electron chi connectivity index (χ4n) is 4.52. The maximum absolute atomic E-state index is 12.4. The third kappa shape index (κ3) is 5.46. The quantitative estimate of drug-likeness (QED) is 0.818. The van der Waals surface area contributed by atoms with Crippen LogP contribution in [0.5, 0.6) is 0 Å². The standard InChI is InChI=1S/C19H35N3O/c23-19(21-18-4-2-1-3-5-18)17-9-14-22(15-10-17)13-8-16-6-11-20-12-7-16/h16-18,20H,1-15H2,(H,21,23). The van der Waals surface area contributed by atoms with Crippen molar-refractivity contribution in [1.82, 2.24) is 15.5 Å². The van der Waals surface area contributed by atoms with Crippen molar-refractivity contribution < 1.29 is 4.79 Å². The Morgan fingerprint density at radius 1 is 0.957 bits per heavy atom. The first kappa shape index (κ1) is 17.2. The van der Waals surface area contributed by atoms with Gasteiger partial charge in [0.15, 0.2) is 0 Å². The molecule has 0 spiro atoms. The smallest absolute Gasteiger partial charge is 0.223 e. The number of likely N-dealkylation sites (tertiary alicyclic amines) is 1. The van der Waals surface area contributed by atoms with Crippen molar-refractivity contribution in [1.29, 1.82) is 0 Å². The summed E-state index contributed by atoms with van der Waals surface area (Å²) < 4.78 is 0. The second-order valence-corrected chi connectivity index (χ2v) is 7.94. The van der Waals surface area contributed by atoms with Crippen LogP contribution < -0.4 is 10.6 Å². The molecule has 1 amide bonds. The molecular formula is C19H35N3O. The second kappa shape index (κ2) is 9.03. The zero-order valence-corrected chi connectivity index (χ0v) is 14.7. The zero-order valence-electron chi connectivity index (χ0n) is 14.7. The minimum absolute atomic E-state index is 0.270. The lowest BCUT2D eigenvalue weighted by Gasteiger charge is -2.34. The Morgan fingerprint density at radius 3 is 2.35 bits per heavy atom. The lowest BCUT2D eigenvalue weighted by Crippen LogP contribution is -2.44. The maximum Gasteiger partial charge on any atom is 0.223 e. The fourth-order valence-corrected chi connectivity index (χ4v) is 4.52. The summed E-state index contributed by atoms with van der Waals surface area (Å²) in [4.78, 5) is 15.0. The molecule has 1 saturated carbocycles. The lowest BCUT2D eigenvalue weighted by molar-refractivity contribution is -0.127. The van der Waals surface area contributed by atoms with E-state index in [1.54, 1.807) is 0 Å². The molecule has 2 N–H and O–H groups in total. The van der Waals surface area contributed by atoms with E-state index in [-0.39, 0.29) is 5.92 Å². The van der Waals surface area contributed by atoms with Crippen LogP contribution in [0.15, 0.2) is 0 Å². The number of nitrogens with zero attached hydrogens (tertiary/aromatic N) is 1. The highest BCUT2D eigenvalue weighted by atomic mass is 16.1.